The Kier molecular flexibility index (Phi) is 4.67. The Labute approximate surface area is 176 Å². The van der Waals surface area contributed by atoms with Gasteiger partial charge in [-0.25, -0.2) is 9.67 Å². The van der Waals surface area contributed by atoms with Crippen LogP contribution >= 0.6 is 0 Å². The highest BCUT2D eigenvalue weighted by Crippen LogP contribution is 2.32. The maximum Gasteiger partial charge on any atom is 0.254 e. The SMILES string of the molecule is Cc1cc(-c2ccccc2)nn1-c1nc(N)c2ncn([C@@H]3O[C@H](CO)[C@@H](O)[C@H]3O)c2n1. The van der Waals surface area contributed by atoms with E-state index in [2.05, 4.69) is 20.1 Å². The van der Waals surface area contributed by atoms with Crippen molar-refractivity contribution in [3.63, 3.8) is 0 Å². The van der Waals surface area contributed by atoms with E-state index in [9.17, 15) is 15.3 Å². The zero-order chi connectivity index (χ0) is 21.7. The summed E-state index contributed by atoms with van der Waals surface area (Å²) in [5, 5.41) is 34.5. The van der Waals surface area contributed by atoms with E-state index in [1.807, 2.05) is 43.3 Å². The molecule has 0 amide bonds. The number of nitrogens with two attached hydrogens (primary N) is 1. The highest BCUT2D eigenvalue weighted by atomic mass is 16.6. The number of hydrogen-bond donors (Lipinski definition) is 4. The van der Waals surface area contributed by atoms with Crippen LogP contribution < -0.4 is 5.73 Å². The molecular formula is C20H21N7O4. The van der Waals surface area contributed by atoms with Crippen LogP contribution in [0.15, 0.2) is 42.7 Å². The minimum absolute atomic E-state index is 0.140. The fourth-order valence-corrected chi connectivity index (χ4v) is 3.74. The number of nitrogen functional groups attached to an aromatic ring is 1. The van der Waals surface area contributed by atoms with E-state index >= 15 is 0 Å². The molecule has 160 valence electrons. The van der Waals surface area contributed by atoms with Gasteiger partial charge in [-0.15, -0.1) is 0 Å². The molecule has 0 saturated carbocycles. The van der Waals surface area contributed by atoms with E-state index in [0.29, 0.717) is 11.2 Å². The molecule has 0 radical (unpaired) electrons. The van der Waals surface area contributed by atoms with E-state index in [1.54, 1.807) is 4.68 Å². The van der Waals surface area contributed by atoms with Crippen LogP contribution in [-0.2, 0) is 4.74 Å². The largest absolute Gasteiger partial charge is 0.394 e. The molecule has 11 nitrogen and oxygen atoms in total. The van der Waals surface area contributed by atoms with Gasteiger partial charge in [-0.1, -0.05) is 30.3 Å². The monoisotopic (exact) mass is 423 g/mol. The smallest absolute Gasteiger partial charge is 0.254 e. The second-order valence-corrected chi connectivity index (χ2v) is 7.41. The van der Waals surface area contributed by atoms with Crippen molar-refractivity contribution in [2.24, 2.45) is 0 Å². The summed E-state index contributed by atoms with van der Waals surface area (Å²) in [5.41, 5.74) is 9.29. The van der Waals surface area contributed by atoms with Crippen molar-refractivity contribution in [2.75, 3.05) is 12.3 Å². The lowest BCUT2D eigenvalue weighted by Crippen LogP contribution is -2.33. The maximum atomic E-state index is 10.4. The van der Waals surface area contributed by atoms with Gasteiger partial charge in [0.15, 0.2) is 17.7 Å². The van der Waals surface area contributed by atoms with Crippen LogP contribution in [0.5, 0.6) is 0 Å². The molecule has 0 aliphatic carbocycles. The van der Waals surface area contributed by atoms with E-state index in [1.165, 1.54) is 10.9 Å². The van der Waals surface area contributed by atoms with Crippen LogP contribution in [0.3, 0.4) is 0 Å². The van der Waals surface area contributed by atoms with Crippen molar-refractivity contribution in [1.82, 2.24) is 29.3 Å². The molecule has 1 saturated heterocycles. The number of imidazole rings is 1. The number of fused-ring (bicyclic) bond motifs is 1. The third-order valence-corrected chi connectivity index (χ3v) is 5.37. The third kappa shape index (κ3) is 3.15. The van der Waals surface area contributed by atoms with Crippen LogP contribution in [-0.4, -0.2) is 69.5 Å². The minimum atomic E-state index is -1.27. The number of ether oxygens (including phenoxy) is 1. The molecule has 4 atom stereocenters. The lowest BCUT2D eigenvalue weighted by atomic mass is 10.1. The van der Waals surface area contributed by atoms with Gasteiger partial charge < -0.3 is 25.8 Å². The summed E-state index contributed by atoms with van der Waals surface area (Å²) in [7, 11) is 0. The van der Waals surface area contributed by atoms with E-state index < -0.39 is 31.1 Å². The molecule has 4 heterocycles. The normalized spacial score (nSPS) is 23.6. The van der Waals surface area contributed by atoms with Crippen molar-refractivity contribution in [3.05, 3.63) is 48.4 Å². The first-order valence-corrected chi connectivity index (χ1v) is 9.73. The summed E-state index contributed by atoms with van der Waals surface area (Å²) in [6.07, 6.45) is -3.01. The lowest BCUT2D eigenvalue weighted by molar-refractivity contribution is -0.0511. The zero-order valence-corrected chi connectivity index (χ0v) is 16.6. The standard InChI is InChI=1S/C20H21N7O4/c1-10-7-12(11-5-3-2-4-6-11)25-27(10)20-23-17(21)14-18(24-20)26(9-22-14)19-16(30)15(29)13(8-28)31-19/h2-7,9,13,15-16,19,28-30H,8H2,1H3,(H2,21,23,24)/t13-,15-,16-,19-/m1/s1. The summed E-state index contributed by atoms with van der Waals surface area (Å²) >= 11 is 0. The van der Waals surface area contributed by atoms with Crippen molar-refractivity contribution in [2.45, 2.75) is 31.5 Å². The Bertz CT molecular complexity index is 1240. The Morgan fingerprint density at radius 1 is 1.13 bits per heavy atom. The second-order valence-electron chi connectivity index (χ2n) is 7.41. The van der Waals surface area contributed by atoms with Crippen LogP contribution in [0.4, 0.5) is 5.82 Å². The molecule has 0 unspecified atom stereocenters. The number of benzene rings is 1. The summed E-state index contributed by atoms with van der Waals surface area (Å²) in [4.78, 5) is 13.1. The van der Waals surface area contributed by atoms with Crippen molar-refractivity contribution in [1.29, 1.82) is 0 Å². The maximum absolute atomic E-state index is 10.4. The number of aliphatic hydroxyl groups is 3. The van der Waals surface area contributed by atoms with Crippen LogP contribution in [0.2, 0.25) is 0 Å². The second kappa shape index (κ2) is 7.39. The first kappa shape index (κ1) is 19.6. The molecule has 5 N–H and O–H groups in total. The summed E-state index contributed by atoms with van der Waals surface area (Å²) < 4.78 is 8.65. The Morgan fingerprint density at radius 3 is 2.61 bits per heavy atom. The number of aliphatic hydroxyl groups excluding tert-OH is 3. The van der Waals surface area contributed by atoms with Gasteiger partial charge in [0, 0.05) is 11.3 Å². The Morgan fingerprint density at radius 2 is 1.90 bits per heavy atom. The first-order valence-electron chi connectivity index (χ1n) is 9.73. The molecule has 1 aromatic carbocycles. The minimum Gasteiger partial charge on any atom is -0.394 e. The number of aromatic nitrogens is 6. The molecule has 0 bridgehead atoms. The van der Waals surface area contributed by atoms with Gasteiger partial charge in [-0.05, 0) is 13.0 Å². The molecule has 11 heteroatoms. The number of anilines is 1. The van der Waals surface area contributed by atoms with E-state index in [4.69, 9.17) is 10.5 Å². The zero-order valence-electron chi connectivity index (χ0n) is 16.6. The van der Waals surface area contributed by atoms with Gasteiger partial charge in [0.1, 0.15) is 23.8 Å². The molecule has 31 heavy (non-hydrogen) atoms. The molecule has 3 aromatic heterocycles. The van der Waals surface area contributed by atoms with Gasteiger partial charge in [0.05, 0.1) is 18.6 Å². The highest BCUT2D eigenvalue weighted by molar-refractivity contribution is 5.82. The number of hydrogen-bond acceptors (Lipinski definition) is 9. The number of rotatable bonds is 4. The van der Waals surface area contributed by atoms with Crippen molar-refractivity contribution < 1.29 is 20.1 Å². The van der Waals surface area contributed by atoms with E-state index in [0.717, 1.165) is 17.0 Å². The lowest BCUT2D eigenvalue weighted by Gasteiger charge is -2.16. The third-order valence-electron chi connectivity index (χ3n) is 5.37. The predicted molar refractivity (Wildman–Crippen MR) is 110 cm³/mol. The van der Waals surface area contributed by atoms with Gasteiger partial charge in [-0.2, -0.15) is 15.1 Å². The average molecular weight is 423 g/mol. The summed E-state index contributed by atoms with van der Waals surface area (Å²) in [6.45, 7) is 1.45. The fourth-order valence-electron chi connectivity index (χ4n) is 3.74. The van der Waals surface area contributed by atoms with Crippen LogP contribution in [0.1, 0.15) is 11.9 Å². The molecule has 4 aromatic rings. The van der Waals surface area contributed by atoms with E-state index in [-0.39, 0.29) is 11.8 Å². The number of nitrogens with zero attached hydrogens (tertiary/aromatic N) is 6. The molecular weight excluding hydrogens is 402 g/mol. The van der Waals surface area contributed by atoms with Gasteiger partial charge in [-0.3, -0.25) is 4.57 Å². The Balaban J connectivity index is 1.59. The summed E-state index contributed by atoms with van der Waals surface area (Å²) in [6, 6.07) is 11.6. The van der Waals surface area contributed by atoms with Crippen molar-refractivity contribution in [3.8, 4) is 17.2 Å². The topological polar surface area (TPSA) is 157 Å². The summed E-state index contributed by atoms with van der Waals surface area (Å²) in [5.74, 6) is 0.375. The first-order chi connectivity index (χ1) is 15.0. The van der Waals surface area contributed by atoms with Crippen LogP contribution in [0.25, 0.3) is 28.4 Å². The fraction of sp³-hybridized carbons (Fsp3) is 0.300. The van der Waals surface area contributed by atoms with Gasteiger partial charge in [0.2, 0.25) is 0 Å². The molecule has 5 rings (SSSR count). The predicted octanol–water partition coefficient (Wildman–Crippen LogP) is 0.181. The van der Waals surface area contributed by atoms with Gasteiger partial charge in [0.25, 0.3) is 5.95 Å². The highest BCUT2D eigenvalue weighted by Gasteiger charge is 2.44. The van der Waals surface area contributed by atoms with Crippen molar-refractivity contribution >= 4 is 17.0 Å². The van der Waals surface area contributed by atoms with Gasteiger partial charge >= 0.3 is 0 Å². The van der Waals surface area contributed by atoms with Crippen LogP contribution in [0, 0.1) is 6.92 Å². The molecule has 1 aliphatic heterocycles. The molecule has 1 aliphatic rings. The quantitative estimate of drug-likeness (QED) is 0.359. The Hall–Kier alpha value is -3.38. The molecule has 1 fully saturated rings. The average Bonchev–Trinajstić information content (AvgIpc) is 3.45. The molecule has 0 spiro atoms. The number of aryl methyl sites for hydroxylation is 1.